The molecule has 0 unspecified atom stereocenters. The zero-order chi connectivity index (χ0) is 6.69. The average Bonchev–Trinajstić information content (AvgIpc) is 1.88. The van der Waals surface area contributed by atoms with Crippen molar-refractivity contribution < 1.29 is 11.0 Å². The van der Waals surface area contributed by atoms with Crippen LogP contribution in [0.4, 0.5) is 0 Å². The zero-order valence-corrected chi connectivity index (χ0v) is 5.52. The molecule has 1 fully saturated rings. The molecule has 3 nitrogen and oxygen atoms in total. The van der Waals surface area contributed by atoms with Crippen LogP contribution in [0.1, 0.15) is 14.8 Å². The number of morpholine rings is 1. The third kappa shape index (κ3) is 1.68. The van der Waals surface area contributed by atoms with E-state index in [1.54, 1.807) is 0 Å². The molecule has 0 aliphatic carbocycles. The SMILES string of the molecule is CC[C@H]1COCC(=O)N1.[HH]. The molecule has 1 amide bonds. The lowest BCUT2D eigenvalue weighted by Gasteiger charge is -2.21. The van der Waals surface area contributed by atoms with E-state index in [9.17, 15) is 4.79 Å². The molecule has 0 spiro atoms. The van der Waals surface area contributed by atoms with Gasteiger partial charge in [0, 0.05) is 1.43 Å². The number of hydrogen-bond acceptors (Lipinski definition) is 2. The number of nitrogens with one attached hydrogen (secondary N) is 1. The predicted octanol–water partition coefficient (Wildman–Crippen LogP) is 0.157. The molecule has 0 aromatic carbocycles. The lowest BCUT2D eigenvalue weighted by Crippen LogP contribution is -2.45. The lowest BCUT2D eigenvalue weighted by atomic mass is 10.2. The maximum absolute atomic E-state index is 10.6. The van der Waals surface area contributed by atoms with Crippen molar-refractivity contribution in [1.82, 2.24) is 5.32 Å². The summed E-state index contributed by atoms with van der Waals surface area (Å²) < 4.78 is 4.97. The number of carbonyl (C=O) groups is 1. The van der Waals surface area contributed by atoms with E-state index in [1.165, 1.54) is 0 Å². The number of amides is 1. The van der Waals surface area contributed by atoms with Crippen LogP contribution in [-0.4, -0.2) is 25.2 Å². The molecule has 1 saturated heterocycles. The Labute approximate surface area is 55.9 Å². The van der Waals surface area contributed by atoms with Crippen LogP contribution in [0.25, 0.3) is 0 Å². The molecule has 0 aromatic heterocycles. The molecular weight excluding hydrogens is 118 g/mol. The number of carbonyl (C=O) groups excluding carboxylic acids is 1. The molecule has 1 heterocycles. The second kappa shape index (κ2) is 2.82. The predicted molar refractivity (Wildman–Crippen MR) is 35.2 cm³/mol. The Bertz CT molecular complexity index is 118. The van der Waals surface area contributed by atoms with E-state index in [0.29, 0.717) is 6.61 Å². The summed E-state index contributed by atoms with van der Waals surface area (Å²) in [7, 11) is 0. The Balaban J connectivity index is 0.000000810. The number of ether oxygens (including phenoxy) is 1. The van der Waals surface area contributed by atoms with E-state index < -0.39 is 0 Å². The van der Waals surface area contributed by atoms with Gasteiger partial charge in [-0.15, -0.1) is 0 Å². The Kier molecular flexibility index (Phi) is 2.05. The van der Waals surface area contributed by atoms with Gasteiger partial charge in [-0.05, 0) is 6.42 Å². The van der Waals surface area contributed by atoms with Crippen molar-refractivity contribution in [2.45, 2.75) is 19.4 Å². The highest BCUT2D eigenvalue weighted by Gasteiger charge is 2.15. The van der Waals surface area contributed by atoms with Gasteiger partial charge >= 0.3 is 0 Å². The Morgan fingerprint density at radius 2 is 2.78 bits per heavy atom. The Hall–Kier alpha value is -0.570. The van der Waals surface area contributed by atoms with Crippen LogP contribution in [0, 0.1) is 0 Å². The minimum Gasteiger partial charge on any atom is -0.370 e. The van der Waals surface area contributed by atoms with Crippen molar-refractivity contribution in [2.24, 2.45) is 0 Å². The van der Waals surface area contributed by atoms with Crippen LogP contribution in [0.5, 0.6) is 0 Å². The smallest absolute Gasteiger partial charge is 0.246 e. The van der Waals surface area contributed by atoms with E-state index in [2.05, 4.69) is 5.32 Å². The van der Waals surface area contributed by atoms with Gasteiger partial charge in [-0.2, -0.15) is 0 Å². The summed E-state index contributed by atoms with van der Waals surface area (Å²) >= 11 is 0. The van der Waals surface area contributed by atoms with Gasteiger partial charge in [0.1, 0.15) is 6.61 Å². The van der Waals surface area contributed by atoms with E-state index in [1.807, 2.05) is 6.92 Å². The summed E-state index contributed by atoms with van der Waals surface area (Å²) in [5.41, 5.74) is 0. The monoisotopic (exact) mass is 131 g/mol. The number of rotatable bonds is 1. The van der Waals surface area contributed by atoms with Crippen molar-refractivity contribution in [2.75, 3.05) is 13.2 Å². The highest BCUT2D eigenvalue weighted by Crippen LogP contribution is 1.96. The van der Waals surface area contributed by atoms with Gasteiger partial charge in [0.15, 0.2) is 0 Å². The normalized spacial score (nSPS) is 27.7. The van der Waals surface area contributed by atoms with Crippen LogP contribution in [0.3, 0.4) is 0 Å². The maximum Gasteiger partial charge on any atom is 0.246 e. The Morgan fingerprint density at radius 3 is 3.22 bits per heavy atom. The molecule has 0 aromatic rings. The second-order valence-electron chi connectivity index (χ2n) is 2.19. The van der Waals surface area contributed by atoms with Gasteiger partial charge in [-0.25, -0.2) is 0 Å². The van der Waals surface area contributed by atoms with Gasteiger partial charge in [0.25, 0.3) is 0 Å². The standard InChI is InChI=1S/C6H11NO2.H2/c1-2-5-3-9-4-6(8)7-5;/h5H,2-4H2,1H3,(H,7,8);1H/t5-;/m0./s1. The van der Waals surface area contributed by atoms with Crippen molar-refractivity contribution in [3.8, 4) is 0 Å². The highest BCUT2D eigenvalue weighted by atomic mass is 16.5. The summed E-state index contributed by atoms with van der Waals surface area (Å²) in [6, 6.07) is 0.242. The van der Waals surface area contributed by atoms with E-state index >= 15 is 0 Å². The van der Waals surface area contributed by atoms with Crippen molar-refractivity contribution >= 4 is 5.91 Å². The number of hydrogen-bond donors (Lipinski definition) is 1. The molecule has 3 heteroatoms. The molecule has 9 heavy (non-hydrogen) atoms. The van der Waals surface area contributed by atoms with Crippen molar-refractivity contribution in [3.63, 3.8) is 0 Å². The Morgan fingerprint density at radius 1 is 2.00 bits per heavy atom. The van der Waals surface area contributed by atoms with Gasteiger partial charge < -0.3 is 10.1 Å². The van der Waals surface area contributed by atoms with E-state index in [-0.39, 0.29) is 20.0 Å². The second-order valence-corrected chi connectivity index (χ2v) is 2.19. The minimum absolute atomic E-state index is 0. The van der Waals surface area contributed by atoms with E-state index in [0.717, 1.165) is 6.42 Å². The van der Waals surface area contributed by atoms with Gasteiger partial charge in [-0.3, -0.25) is 4.79 Å². The molecule has 0 saturated carbocycles. The minimum atomic E-state index is 0. The largest absolute Gasteiger partial charge is 0.370 e. The maximum atomic E-state index is 10.6. The lowest BCUT2D eigenvalue weighted by molar-refractivity contribution is -0.131. The fourth-order valence-corrected chi connectivity index (χ4v) is 0.825. The molecule has 1 aliphatic heterocycles. The van der Waals surface area contributed by atoms with Gasteiger partial charge in [-0.1, -0.05) is 6.92 Å². The third-order valence-corrected chi connectivity index (χ3v) is 1.41. The van der Waals surface area contributed by atoms with Crippen LogP contribution in [0.2, 0.25) is 0 Å². The molecule has 0 radical (unpaired) electrons. The fraction of sp³-hybridized carbons (Fsp3) is 0.833. The summed E-state index contributed by atoms with van der Waals surface area (Å²) in [5.74, 6) is 0.00750. The van der Waals surface area contributed by atoms with Crippen LogP contribution >= 0.6 is 0 Å². The molecule has 54 valence electrons. The molecule has 1 rings (SSSR count). The third-order valence-electron chi connectivity index (χ3n) is 1.41. The molecule has 1 aliphatic rings. The molecule has 0 bridgehead atoms. The average molecular weight is 131 g/mol. The molecule has 1 N–H and O–H groups in total. The van der Waals surface area contributed by atoms with E-state index in [4.69, 9.17) is 4.74 Å². The summed E-state index contributed by atoms with van der Waals surface area (Å²) in [6.07, 6.45) is 0.950. The first-order valence-electron chi connectivity index (χ1n) is 3.20. The van der Waals surface area contributed by atoms with Crippen LogP contribution in [-0.2, 0) is 9.53 Å². The van der Waals surface area contributed by atoms with Crippen LogP contribution < -0.4 is 5.32 Å². The first-order chi connectivity index (χ1) is 4.33. The molecular formula is C6H13NO2. The summed E-state index contributed by atoms with van der Waals surface area (Å²) in [4.78, 5) is 10.6. The summed E-state index contributed by atoms with van der Waals surface area (Å²) in [6.45, 7) is 2.93. The highest BCUT2D eigenvalue weighted by molar-refractivity contribution is 5.78. The first-order valence-corrected chi connectivity index (χ1v) is 3.20. The van der Waals surface area contributed by atoms with Gasteiger partial charge in [0.2, 0.25) is 5.91 Å². The quantitative estimate of drug-likeness (QED) is 0.550. The molecule has 1 atom stereocenters. The zero-order valence-electron chi connectivity index (χ0n) is 5.52. The fourth-order valence-electron chi connectivity index (χ4n) is 0.825. The summed E-state index contributed by atoms with van der Waals surface area (Å²) in [5, 5.41) is 2.80. The van der Waals surface area contributed by atoms with Gasteiger partial charge in [0.05, 0.1) is 12.6 Å². The van der Waals surface area contributed by atoms with Crippen molar-refractivity contribution in [3.05, 3.63) is 0 Å². The van der Waals surface area contributed by atoms with Crippen LogP contribution in [0.15, 0.2) is 0 Å². The van der Waals surface area contributed by atoms with Crippen molar-refractivity contribution in [1.29, 1.82) is 0 Å². The first kappa shape index (κ1) is 6.55. The topological polar surface area (TPSA) is 38.3 Å².